The highest BCUT2D eigenvalue weighted by Crippen LogP contribution is 2.36. The van der Waals surface area contributed by atoms with Crippen molar-refractivity contribution in [1.82, 2.24) is 0 Å². The van der Waals surface area contributed by atoms with Gasteiger partial charge < -0.3 is 14.4 Å². The van der Waals surface area contributed by atoms with Crippen LogP contribution in [0.2, 0.25) is 0 Å². The second kappa shape index (κ2) is 8.86. The van der Waals surface area contributed by atoms with Crippen molar-refractivity contribution in [2.24, 2.45) is 0 Å². The van der Waals surface area contributed by atoms with Crippen molar-refractivity contribution in [3.05, 3.63) is 12.1 Å². The van der Waals surface area contributed by atoms with Crippen LogP contribution in [0.15, 0.2) is 12.1 Å². The van der Waals surface area contributed by atoms with Gasteiger partial charge in [0.2, 0.25) is 0 Å². The maximum Gasteiger partial charge on any atom is 0.486 e. The van der Waals surface area contributed by atoms with Gasteiger partial charge in [0, 0.05) is 0 Å². The maximum absolute atomic E-state index is 9.80. The summed E-state index contributed by atoms with van der Waals surface area (Å²) in [5.41, 5.74) is -0.621. The van der Waals surface area contributed by atoms with E-state index in [1.165, 1.54) is 12.8 Å². The summed E-state index contributed by atoms with van der Waals surface area (Å²) < 4.78 is 11.6. The molecule has 1 atom stereocenters. The van der Waals surface area contributed by atoms with Crippen LogP contribution in [0.4, 0.5) is 0 Å². The summed E-state index contributed by atoms with van der Waals surface area (Å²) in [7, 11) is -0.351. The fourth-order valence-corrected chi connectivity index (χ4v) is 1.89. The molecule has 0 saturated carbocycles. The fraction of sp³-hybridized carbons (Fsp3) is 0.875. The molecule has 20 heavy (non-hydrogen) atoms. The van der Waals surface area contributed by atoms with Gasteiger partial charge in [-0.05, 0) is 34.1 Å². The Labute approximate surface area is 125 Å². The van der Waals surface area contributed by atoms with Crippen molar-refractivity contribution in [2.45, 2.75) is 91.5 Å². The lowest BCUT2D eigenvalue weighted by atomic mass is 9.89. The summed E-state index contributed by atoms with van der Waals surface area (Å²) in [4.78, 5) is 0. The largest absolute Gasteiger partial charge is 0.486 e. The number of aliphatic hydroxyl groups excluding tert-OH is 1. The van der Waals surface area contributed by atoms with E-state index in [9.17, 15) is 5.11 Å². The van der Waals surface area contributed by atoms with E-state index in [4.69, 9.17) is 9.31 Å². The monoisotopic (exact) mass is 284 g/mol. The molecule has 1 heterocycles. The second-order valence-electron chi connectivity index (χ2n) is 6.07. The Morgan fingerprint density at radius 2 is 1.55 bits per heavy atom. The van der Waals surface area contributed by atoms with Gasteiger partial charge in [-0.2, -0.15) is 0 Å². The minimum absolute atomic E-state index is 0.310. The normalized spacial score (nSPS) is 21.7. The second-order valence-corrected chi connectivity index (χ2v) is 6.07. The van der Waals surface area contributed by atoms with Gasteiger partial charge in [0.1, 0.15) is 0 Å². The highest BCUT2D eigenvalue weighted by atomic mass is 16.7. The molecular formula is C16H33BO3. The van der Waals surface area contributed by atoms with E-state index < -0.39 is 6.10 Å². The van der Waals surface area contributed by atoms with Crippen LogP contribution < -0.4 is 0 Å². The molecule has 0 aromatic heterocycles. The molecule has 0 bridgehead atoms. The summed E-state index contributed by atoms with van der Waals surface area (Å²) in [6.07, 6.45) is 5.61. The fourth-order valence-electron chi connectivity index (χ4n) is 1.89. The molecule has 0 aliphatic carbocycles. The maximum atomic E-state index is 9.80. The van der Waals surface area contributed by atoms with E-state index in [1.807, 2.05) is 47.5 Å². The number of hydrogen-bond acceptors (Lipinski definition) is 3. The first-order valence-electron chi connectivity index (χ1n) is 8.00. The Morgan fingerprint density at radius 1 is 1.05 bits per heavy atom. The third-order valence-electron chi connectivity index (χ3n) is 3.87. The summed E-state index contributed by atoms with van der Waals surface area (Å²) >= 11 is 0. The molecule has 0 radical (unpaired) electrons. The molecule has 1 unspecified atom stereocenters. The number of hydrogen-bond donors (Lipinski definition) is 1. The lowest BCUT2D eigenvalue weighted by Crippen LogP contribution is -2.41. The Morgan fingerprint density at radius 3 is 2.00 bits per heavy atom. The Hall–Kier alpha value is -0.315. The zero-order chi connectivity index (χ0) is 15.8. The molecule has 1 saturated heterocycles. The van der Waals surface area contributed by atoms with Crippen LogP contribution in [0.5, 0.6) is 0 Å². The van der Waals surface area contributed by atoms with Gasteiger partial charge in [0.05, 0.1) is 17.3 Å². The Kier molecular flexibility index (Phi) is 8.72. The van der Waals surface area contributed by atoms with Gasteiger partial charge in [-0.15, -0.1) is 0 Å². The van der Waals surface area contributed by atoms with Crippen LogP contribution in [0.25, 0.3) is 0 Å². The molecule has 0 aromatic carbocycles. The van der Waals surface area contributed by atoms with Gasteiger partial charge in [-0.3, -0.25) is 0 Å². The van der Waals surface area contributed by atoms with Crippen molar-refractivity contribution in [3.8, 4) is 0 Å². The number of rotatable bonds is 6. The van der Waals surface area contributed by atoms with Gasteiger partial charge in [-0.1, -0.05) is 52.1 Å². The van der Waals surface area contributed by atoms with Gasteiger partial charge >= 0.3 is 7.12 Å². The highest BCUT2D eigenvalue weighted by molar-refractivity contribution is 6.51. The first kappa shape index (κ1) is 19.7. The minimum Gasteiger partial charge on any atom is -0.400 e. The summed E-state index contributed by atoms with van der Waals surface area (Å²) in [5.74, 6) is 1.83. The Balaban J connectivity index is 0.00000172. The first-order chi connectivity index (χ1) is 9.28. The summed E-state index contributed by atoms with van der Waals surface area (Å²) in [5, 5.41) is 9.80. The molecule has 1 aliphatic rings. The van der Waals surface area contributed by atoms with Gasteiger partial charge in [0.25, 0.3) is 0 Å². The van der Waals surface area contributed by atoms with Crippen LogP contribution in [0.3, 0.4) is 0 Å². The zero-order valence-electron chi connectivity index (χ0n) is 14.4. The average Bonchev–Trinajstić information content (AvgIpc) is 2.58. The molecule has 1 N–H and O–H groups in total. The molecule has 1 fully saturated rings. The van der Waals surface area contributed by atoms with Crippen LogP contribution >= 0.6 is 0 Å². The van der Waals surface area contributed by atoms with E-state index >= 15 is 0 Å². The van der Waals surface area contributed by atoms with E-state index in [0.29, 0.717) is 0 Å². The van der Waals surface area contributed by atoms with Crippen molar-refractivity contribution in [1.29, 1.82) is 0 Å². The highest BCUT2D eigenvalue weighted by Gasteiger charge is 2.50. The quantitative estimate of drug-likeness (QED) is 0.588. The molecular weight excluding hydrogens is 251 g/mol. The SMILES string of the molecule is CC.CCCCCC(O)/C=C/B1OC(C)(C)C(C)(C)O1. The first-order valence-corrected chi connectivity index (χ1v) is 8.00. The molecule has 0 aromatic rings. The number of aliphatic hydroxyl groups is 1. The lowest BCUT2D eigenvalue weighted by Gasteiger charge is -2.32. The van der Waals surface area contributed by atoms with Crippen LogP contribution in [0, 0.1) is 0 Å². The minimum atomic E-state index is -0.393. The third kappa shape index (κ3) is 5.98. The average molecular weight is 284 g/mol. The van der Waals surface area contributed by atoms with Gasteiger partial charge in [-0.25, -0.2) is 0 Å². The third-order valence-corrected chi connectivity index (χ3v) is 3.87. The number of unbranched alkanes of at least 4 members (excludes halogenated alkanes) is 2. The van der Waals surface area contributed by atoms with Crippen molar-refractivity contribution in [3.63, 3.8) is 0 Å². The van der Waals surface area contributed by atoms with Crippen molar-refractivity contribution in [2.75, 3.05) is 0 Å². The molecule has 3 nitrogen and oxygen atoms in total. The molecule has 0 spiro atoms. The smallest absolute Gasteiger partial charge is 0.400 e. The van der Waals surface area contributed by atoms with Crippen molar-refractivity contribution >= 4 is 7.12 Å². The van der Waals surface area contributed by atoms with Crippen LogP contribution in [-0.4, -0.2) is 29.5 Å². The lowest BCUT2D eigenvalue weighted by molar-refractivity contribution is 0.00578. The van der Waals surface area contributed by atoms with Crippen LogP contribution in [-0.2, 0) is 9.31 Å². The van der Waals surface area contributed by atoms with E-state index in [1.54, 1.807) is 6.08 Å². The van der Waals surface area contributed by atoms with Gasteiger partial charge in [0.15, 0.2) is 0 Å². The predicted molar refractivity (Wildman–Crippen MR) is 86.7 cm³/mol. The van der Waals surface area contributed by atoms with E-state index in [2.05, 4.69) is 6.92 Å². The van der Waals surface area contributed by atoms with Crippen molar-refractivity contribution < 1.29 is 14.4 Å². The standard InChI is InChI=1S/C14H27BO3.C2H6/c1-6-7-8-9-12(16)10-11-15-17-13(2,3)14(4,5)18-15;1-2/h10-12,16H,6-9H2,1-5H3;1-2H3/b11-10+;. The molecule has 0 amide bonds. The molecule has 4 heteroatoms. The predicted octanol–water partition coefficient (Wildman–Crippen LogP) is 4.14. The Bertz CT molecular complexity index is 271. The zero-order valence-corrected chi connectivity index (χ0v) is 14.4. The molecule has 1 aliphatic heterocycles. The molecule has 1 rings (SSSR count). The topological polar surface area (TPSA) is 38.7 Å². The van der Waals surface area contributed by atoms with E-state index in [-0.39, 0.29) is 18.3 Å². The summed E-state index contributed by atoms with van der Waals surface area (Å²) in [6.45, 7) is 14.3. The summed E-state index contributed by atoms with van der Waals surface area (Å²) in [6, 6.07) is 0. The van der Waals surface area contributed by atoms with Crippen LogP contribution in [0.1, 0.15) is 74.1 Å². The molecule has 118 valence electrons. The van der Waals surface area contributed by atoms with E-state index in [0.717, 1.165) is 12.8 Å².